The number of hydrogen-bond acceptors (Lipinski definition) is 43. The van der Waals surface area contributed by atoms with Gasteiger partial charge < -0.3 is 137 Å². The molecule has 0 spiro atoms. The largest absolute Gasteiger partial charge is 0.398 e. The van der Waals surface area contributed by atoms with Crippen LogP contribution in [-0.4, -0.2) is 249 Å². The molecule has 12 aromatic heterocycles. The van der Waals surface area contributed by atoms with Crippen LogP contribution in [-0.2, 0) is 146 Å². The number of thiol groups is 1. The number of ether oxygens (including phenoxy) is 6. The minimum absolute atomic E-state index is 0.0169. The molecule has 0 aromatic carbocycles. The third-order valence-corrected chi connectivity index (χ3v) is 31.6. The average molecular weight is 2070 g/mol. The summed E-state index contributed by atoms with van der Waals surface area (Å²) < 4.78 is 174. The molecule has 132 heavy (non-hydrogen) atoms. The van der Waals surface area contributed by atoms with Gasteiger partial charge in [-0.3, -0.25) is 56.6 Å². The quantitative estimate of drug-likeness (QED) is 0.0836. The number of nitrogens with two attached hydrogens (primary N) is 6. The molecule has 21 heterocycles. The summed E-state index contributed by atoms with van der Waals surface area (Å²) in [5.74, 6) is -0.572. The van der Waals surface area contributed by atoms with E-state index in [1.807, 2.05) is 6.07 Å². The minimum atomic E-state index is -4.33. The first-order chi connectivity index (χ1) is 62.7. The lowest BCUT2D eigenvalue weighted by Crippen LogP contribution is -2.34. The summed E-state index contributed by atoms with van der Waals surface area (Å²) in [7, 11) is 0. The summed E-state index contributed by atoms with van der Waals surface area (Å²) in [6.45, 7) is -27.3. The first-order valence-corrected chi connectivity index (χ1v) is 54.8. The van der Waals surface area contributed by atoms with Crippen LogP contribution in [0.15, 0.2) is 101 Å². The molecular weight excluding hydrogens is 2000 g/mol. The molecule has 9 aliphatic rings. The number of nitrogens with zero attached hydrogens (tertiary/aromatic N) is 16. The molecule has 9 aliphatic heterocycles. The molecule has 21 rings (SSSR count). The van der Waals surface area contributed by atoms with Crippen molar-refractivity contribution in [3.05, 3.63) is 117 Å². The van der Waals surface area contributed by atoms with E-state index in [4.69, 9.17) is 176 Å². The highest BCUT2D eigenvalue weighted by Crippen LogP contribution is 2.61. The van der Waals surface area contributed by atoms with Gasteiger partial charge in [-0.05, 0) is 95.4 Å². The Morgan fingerprint density at radius 1 is 0.394 bits per heavy atom. The Balaban J connectivity index is 0.000000128. The van der Waals surface area contributed by atoms with Gasteiger partial charge in [-0.15, -0.1) is 5.10 Å². The van der Waals surface area contributed by atoms with Crippen molar-refractivity contribution in [1.29, 1.82) is 0 Å². The molecule has 0 amide bonds. The molecule has 20 N–H and O–H groups in total. The summed E-state index contributed by atoms with van der Waals surface area (Å²) in [5.41, 5.74) is 35.8. The Morgan fingerprint density at radius 3 is 1.32 bits per heavy atom. The van der Waals surface area contributed by atoms with E-state index < -0.39 is 206 Å². The number of imidazole rings is 2. The topological polar surface area (TPSA) is 698 Å². The molecular formula is C65H74F3N25O27P6S6. The molecule has 6 bridgehead atoms. The lowest BCUT2D eigenvalue weighted by Gasteiger charge is -2.27. The van der Waals surface area contributed by atoms with E-state index in [1.54, 1.807) is 53.5 Å². The SMILES string of the molecule is Nc1nc2c(ncn2[C@@H]2O[C@@H]3COP(=O)(S)O[C@H]4[C@H](F)[C@H](n5ccc6c(N)ccnc65)O[C@@H]4COP(O)(=S)O[C@@H]2C3)c(=O)[nH]1.Nc1nc2c(ncn2[C@@H]2O[C@@H]3COP(O)(=S)O[C@H]4[C@H](F)[C@H](n5ccc6c(N)ccnc65)O[C@@H]4COP(O)(=S)O[C@@H]2[C@H]3F)c(=O)[nH]1.Nc1nc2c(nnn2[C@@H]2O[C@@H]3COP(O)(=S)O[C@H]4C[C@H](n5ccc6c(N)ccnc65)O[C@@H]4COP(O)(=S)O[C@@H]2C3)c(=O)[nH]1. The maximum Gasteiger partial charge on any atom is 0.386 e. The number of nitrogens with one attached hydrogen (secondary N) is 3. The highest BCUT2D eigenvalue weighted by atomic mass is 32.7. The minimum Gasteiger partial charge on any atom is -0.398 e. The van der Waals surface area contributed by atoms with Gasteiger partial charge in [0, 0.05) is 89.7 Å². The van der Waals surface area contributed by atoms with Gasteiger partial charge in [0.1, 0.15) is 78.1 Å². The number of aromatic nitrogens is 19. The molecule has 27 atom stereocenters. The second kappa shape index (κ2) is 36.2. The number of halogens is 3. The number of fused-ring (bicyclic) bond motifs is 15. The number of alkyl halides is 3. The van der Waals surface area contributed by atoms with E-state index >= 15 is 13.2 Å². The van der Waals surface area contributed by atoms with Crippen LogP contribution in [0, 0.1) is 0 Å². The Labute approximate surface area is 765 Å². The van der Waals surface area contributed by atoms with Gasteiger partial charge in [-0.2, -0.15) is 19.6 Å². The number of rotatable bonds is 6. The van der Waals surface area contributed by atoms with E-state index in [2.05, 4.69) is 77.4 Å². The van der Waals surface area contributed by atoms with Crippen LogP contribution in [0.2, 0.25) is 0 Å². The molecule has 6 unspecified atom stereocenters. The third kappa shape index (κ3) is 18.8. The Hall–Kier alpha value is -7.45. The molecule has 9 saturated heterocycles. The standard InChI is InChI=1S/C22H24F2N8O9P2S2.C22H25FN8O9P2S2.C21H25N9O9P2S2/c23-12-10-5-36-42(34,44)40-15-11(39-20(13(15)24)31-4-2-8-9(25)1-3-27-17(8)31)6-37-43(35,45)41-16(12)21(38-10)32-7-28-14-18(32)29-22(26)30-19(14)33;23-14-16-13(38-21(14)30-4-2-10-11(24)1-3-26-17(10)30)7-36-41(33,43)39-12-5-9(6-35-42(34,44)40-16)37-20(12)31-8-27-15-18(31)28-22(25)29-19(15)32;22-11-1-3-24-17-10(11)2-4-29(17)15-6-12-14(37-15)8-35-41(33,43)39-13-5-9(7-34-40(32,42)38-12)36-20(13)30-18-16(27-28-30)19(31)26-21(23)25-18/h1-4,7,10-13,15-16,20-21H,5-6H2,(H2,25,27)(H,34,44)(H,35,45)(H3,26,29,30,33);1-4,8-9,12-14,16,20-21H,5-7H2,(H2,24,26)(H,33,43)(H,34,44)(H3,25,28,29,32);1-4,9,12-15,20H,5-8H2,(H2,22,24)(H,32,42)(H,33,43)(H3,23,25,26,31)/t10-,11-,12+,13+,15-,16-,20-,21-,42?,43?;9-,12+,13+,14-,16+,20+,21+,41?,42?;9-,12-,13+,14+,15+,20+,40?,41?/m100/s1. The van der Waals surface area contributed by atoms with Gasteiger partial charge in [-0.1, -0.05) is 17.5 Å². The summed E-state index contributed by atoms with van der Waals surface area (Å²) in [6, 6.07) is 9.98. The van der Waals surface area contributed by atoms with Crippen molar-refractivity contribution in [2.24, 2.45) is 0 Å². The highest BCUT2D eigenvalue weighted by Gasteiger charge is 2.57. The molecule has 708 valence electrons. The molecule has 0 saturated carbocycles. The molecule has 9 fully saturated rings. The molecule has 0 aliphatic carbocycles. The second-order valence-electron chi connectivity index (χ2n) is 30.7. The Bertz CT molecular complexity index is 7020. The van der Waals surface area contributed by atoms with Gasteiger partial charge in [0.25, 0.3) is 16.7 Å². The van der Waals surface area contributed by atoms with Crippen molar-refractivity contribution in [2.75, 3.05) is 74.0 Å². The molecule has 67 heteroatoms. The van der Waals surface area contributed by atoms with Crippen LogP contribution in [0.4, 0.5) is 48.1 Å². The number of hydrogen-bond donors (Lipinski definition) is 15. The number of aromatic amines is 3. The number of H-pyrrole nitrogens is 3. The summed E-state index contributed by atoms with van der Waals surface area (Å²) >= 11 is 30.4. The van der Waals surface area contributed by atoms with Crippen molar-refractivity contribution in [3.63, 3.8) is 0 Å². The van der Waals surface area contributed by atoms with E-state index in [0.29, 0.717) is 44.8 Å². The normalized spacial score (nSPS) is 36.6. The molecule has 12 aromatic rings. The number of nitrogen functional groups attached to an aromatic ring is 6. The fourth-order valence-corrected chi connectivity index (χ4v) is 25.0. The fraction of sp³-hybridized carbons (Fsp3) is 0.462. The van der Waals surface area contributed by atoms with Crippen LogP contribution in [0.25, 0.3) is 66.6 Å². The van der Waals surface area contributed by atoms with E-state index in [9.17, 15) is 43.4 Å². The molecule has 52 nitrogen and oxygen atoms in total. The van der Waals surface area contributed by atoms with Gasteiger partial charge in [0.05, 0.1) is 70.6 Å². The maximum absolute atomic E-state index is 16.0. The third-order valence-electron chi connectivity index (χ3n) is 22.1. The maximum atomic E-state index is 16.0. The monoisotopic (exact) mass is 2070 g/mol. The zero-order valence-corrected chi connectivity index (χ0v) is 77.1. The van der Waals surface area contributed by atoms with E-state index in [1.165, 1.54) is 47.9 Å². The predicted molar refractivity (Wildman–Crippen MR) is 474 cm³/mol. The van der Waals surface area contributed by atoms with Crippen LogP contribution >= 0.6 is 52.6 Å². The zero-order chi connectivity index (χ0) is 92.9. The average Bonchev–Trinajstić information content (AvgIpc) is 1.62. The second-order valence-corrected chi connectivity index (χ2v) is 47.5. The highest BCUT2D eigenvalue weighted by molar-refractivity contribution is 8.44. The van der Waals surface area contributed by atoms with Crippen molar-refractivity contribution < 1.29 is 125 Å². The number of anilines is 6. The van der Waals surface area contributed by atoms with E-state index in [0.717, 1.165) is 11.7 Å². The predicted octanol–water partition coefficient (Wildman–Crippen LogP) is 3.54. The van der Waals surface area contributed by atoms with Gasteiger partial charge in [0.2, 0.25) is 17.8 Å². The van der Waals surface area contributed by atoms with Crippen molar-refractivity contribution in [3.8, 4) is 0 Å². The van der Waals surface area contributed by atoms with Gasteiger partial charge >= 0.3 is 40.4 Å². The fourth-order valence-electron chi connectivity index (χ4n) is 16.3. The van der Waals surface area contributed by atoms with Crippen LogP contribution in [0.1, 0.15) is 56.6 Å². The smallest absolute Gasteiger partial charge is 0.386 e. The Kier molecular flexibility index (Phi) is 25.6. The Morgan fingerprint density at radius 2 is 0.795 bits per heavy atom. The van der Waals surface area contributed by atoms with Crippen molar-refractivity contribution in [2.45, 2.75) is 148 Å². The summed E-state index contributed by atoms with van der Waals surface area (Å²) in [4.78, 5) is 132. The van der Waals surface area contributed by atoms with E-state index in [-0.39, 0.29) is 90.4 Å². The lowest BCUT2D eigenvalue weighted by molar-refractivity contribution is -0.0635. The van der Waals surface area contributed by atoms with Crippen molar-refractivity contribution >= 4 is 213 Å². The van der Waals surface area contributed by atoms with Crippen LogP contribution in [0.3, 0.4) is 0 Å². The summed E-state index contributed by atoms with van der Waals surface area (Å²) in [6.07, 6.45) is -14.5. The first-order valence-electron chi connectivity index (χ1n) is 39.1. The first kappa shape index (κ1) is 93.6. The number of pyridine rings is 3. The molecule has 0 radical (unpaired) electrons. The van der Waals surface area contributed by atoms with Gasteiger partial charge in [0.15, 0.2) is 83.1 Å². The van der Waals surface area contributed by atoms with Crippen molar-refractivity contribution in [1.82, 2.24) is 92.7 Å². The van der Waals surface area contributed by atoms with Crippen LogP contribution in [0.5, 0.6) is 0 Å². The van der Waals surface area contributed by atoms with Crippen LogP contribution < -0.4 is 51.1 Å². The lowest BCUT2D eigenvalue weighted by atomic mass is 10.1. The van der Waals surface area contributed by atoms with Gasteiger partial charge in [-0.25, -0.2) is 42.7 Å². The summed E-state index contributed by atoms with van der Waals surface area (Å²) in [5, 5.41) is 9.72. The zero-order valence-electron chi connectivity index (χ0n) is 66.7.